The van der Waals surface area contributed by atoms with Crippen LogP contribution in [0.2, 0.25) is 0 Å². The van der Waals surface area contributed by atoms with Crippen molar-refractivity contribution in [1.82, 2.24) is 5.32 Å². The molecular weight excluding hydrogens is 400 g/mol. The van der Waals surface area contributed by atoms with Crippen LogP contribution in [0.3, 0.4) is 0 Å². The van der Waals surface area contributed by atoms with Crippen molar-refractivity contribution in [2.24, 2.45) is 5.92 Å². The fourth-order valence-corrected chi connectivity index (χ4v) is 2.55. The fourth-order valence-electron chi connectivity index (χ4n) is 2.55. The first-order chi connectivity index (χ1) is 14.7. The number of ketones is 1. The first-order valence-electron chi connectivity index (χ1n) is 9.78. The summed E-state index contributed by atoms with van der Waals surface area (Å²) in [6.07, 6.45) is -1.03. The Kier molecular flexibility index (Phi) is 8.31. The van der Waals surface area contributed by atoms with Gasteiger partial charge in [-0.15, -0.1) is 0 Å². The minimum Gasteiger partial charge on any atom is -0.497 e. The van der Waals surface area contributed by atoms with E-state index in [0.717, 1.165) is 0 Å². The molecule has 0 saturated heterocycles. The standard InChI is InChI=1S/C23H26N2O6/c1-14(2)22(28)25-18-10-8-16(9-11-18)21(27)15(3)31-20(26)13-24-23(29)17-6-5-7-19(12-17)30-4/h5-12,14-15H,13H2,1-4H3,(H,24,29)(H,25,28). The van der Waals surface area contributed by atoms with Gasteiger partial charge in [0.15, 0.2) is 6.10 Å². The van der Waals surface area contributed by atoms with Gasteiger partial charge in [-0.3, -0.25) is 19.2 Å². The van der Waals surface area contributed by atoms with Crippen molar-refractivity contribution in [3.05, 3.63) is 59.7 Å². The van der Waals surface area contributed by atoms with E-state index in [0.29, 0.717) is 22.6 Å². The molecule has 0 aliphatic carbocycles. The number of rotatable bonds is 9. The number of nitrogens with one attached hydrogen (secondary N) is 2. The predicted octanol–water partition coefficient (Wildman–Crippen LogP) is 2.83. The molecule has 0 radical (unpaired) electrons. The van der Waals surface area contributed by atoms with Gasteiger partial charge < -0.3 is 20.1 Å². The highest BCUT2D eigenvalue weighted by Crippen LogP contribution is 2.14. The molecule has 0 aromatic heterocycles. The zero-order valence-corrected chi connectivity index (χ0v) is 17.9. The summed E-state index contributed by atoms with van der Waals surface area (Å²) >= 11 is 0. The van der Waals surface area contributed by atoms with Gasteiger partial charge in [0.1, 0.15) is 12.3 Å². The number of carbonyl (C=O) groups excluding carboxylic acids is 4. The summed E-state index contributed by atoms with van der Waals surface area (Å²) in [5.74, 6) is -1.37. The maximum absolute atomic E-state index is 12.5. The second-order valence-corrected chi connectivity index (χ2v) is 7.13. The van der Waals surface area contributed by atoms with E-state index in [9.17, 15) is 19.2 Å². The number of amides is 2. The van der Waals surface area contributed by atoms with Gasteiger partial charge >= 0.3 is 5.97 Å². The number of hydrogen-bond acceptors (Lipinski definition) is 6. The number of benzene rings is 2. The molecule has 0 spiro atoms. The van der Waals surface area contributed by atoms with E-state index in [1.807, 2.05) is 0 Å². The minimum atomic E-state index is -1.03. The molecule has 8 heteroatoms. The number of hydrogen-bond donors (Lipinski definition) is 2. The Morgan fingerprint density at radius 3 is 2.23 bits per heavy atom. The lowest BCUT2D eigenvalue weighted by molar-refractivity contribution is -0.145. The van der Waals surface area contributed by atoms with E-state index in [1.54, 1.807) is 62.4 Å². The quantitative estimate of drug-likeness (QED) is 0.471. The zero-order chi connectivity index (χ0) is 23.0. The van der Waals surface area contributed by atoms with Crippen LogP contribution in [0.4, 0.5) is 5.69 Å². The van der Waals surface area contributed by atoms with Gasteiger partial charge in [0.05, 0.1) is 7.11 Å². The van der Waals surface area contributed by atoms with Crippen molar-refractivity contribution >= 4 is 29.3 Å². The zero-order valence-electron chi connectivity index (χ0n) is 17.9. The molecule has 2 rings (SSSR count). The molecule has 0 saturated carbocycles. The highest BCUT2D eigenvalue weighted by atomic mass is 16.5. The smallest absolute Gasteiger partial charge is 0.326 e. The molecule has 2 N–H and O–H groups in total. The summed E-state index contributed by atoms with van der Waals surface area (Å²) < 4.78 is 10.2. The molecule has 0 bridgehead atoms. The van der Waals surface area contributed by atoms with E-state index in [-0.39, 0.29) is 18.4 Å². The highest BCUT2D eigenvalue weighted by Gasteiger charge is 2.20. The molecule has 0 heterocycles. The van der Waals surface area contributed by atoms with Gasteiger partial charge in [0.25, 0.3) is 5.91 Å². The van der Waals surface area contributed by atoms with Crippen molar-refractivity contribution in [3.63, 3.8) is 0 Å². The predicted molar refractivity (Wildman–Crippen MR) is 115 cm³/mol. The average molecular weight is 426 g/mol. The van der Waals surface area contributed by atoms with Crippen LogP contribution < -0.4 is 15.4 Å². The molecule has 0 aliphatic rings. The third-order valence-electron chi connectivity index (χ3n) is 4.36. The molecule has 0 aliphatic heterocycles. The summed E-state index contributed by atoms with van der Waals surface area (Å²) in [7, 11) is 1.49. The third kappa shape index (κ3) is 6.95. The molecule has 1 unspecified atom stereocenters. The van der Waals surface area contributed by atoms with Crippen LogP contribution in [0, 0.1) is 5.92 Å². The number of carbonyl (C=O) groups is 4. The Morgan fingerprint density at radius 1 is 0.935 bits per heavy atom. The van der Waals surface area contributed by atoms with E-state index >= 15 is 0 Å². The second kappa shape index (κ2) is 10.9. The van der Waals surface area contributed by atoms with E-state index in [4.69, 9.17) is 9.47 Å². The Hall–Kier alpha value is -3.68. The van der Waals surface area contributed by atoms with Crippen molar-refractivity contribution < 1.29 is 28.7 Å². The first kappa shape index (κ1) is 23.6. The van der Waals surface area contributed by atoms with Gasteiger partial charge in [-0.05, 0) is 49.4 Å². The molecule has 1 atom stereocenters. The Balaban J connectivity index is 1.86. The number of anilines is 1. The van der Waals surface area contributed by atoms with Crippen LogP contribution in [0.25, 0.3) is 0 Å². The molecule has 8 nitrogen and oxygen atoms in total. The maximum atomic E-state index is 12.5. The Morgan fingerprint density at radius 2 is 1.61 bits per heavy atom. The lowest BCUT2D eigenvalue weighted by Gasteiger charge is -2.13. The lowest BCUT2D eigenvalue weighted by Crippen LogP contribution is -2.34. The number of ether oxygens (including phenoxy) is 2. The summed E-state index contributed by atoms with van der Waals surface area (Å²) in [5.41, 5.74) is 1.24. The molecule has 2 aromatic rings. The van der Waals surface area contributed by atoms with Gasteiger partial charge in [-0.25, -0.2) is 0 Å². The average Bonchev–Trinajstić information content (AvgIpc) is 2.77. The molecule has 164 valence electrons. The highest BCUT2D eigenvalue weighted by molar-refractivity contribution is 6.01. The second-order valence-electron chi connectivity index (χ2n) is 7.13. The Bertz CT molecular complexity index is 953. The third-order valence-corrected chi connectivity index (χ3v) is 4.36. The minimum absolute atomic E-state index is 0.127. The largest absolute Gasteiger partial charge is 0.497 e. The summed E-state index contributed by atoms with van der Waals surface area (Å²) in [6, 6.07) is 12.8. The topological polar surface area (TPSA) is 111 Å². The molecule has 0 fully saturated rings. The van der Waals surface area contributed by atoms with Gasteiger partial charge in [-0.2, -0.15) is 0 Å². The van der Waals surface area contributed by atoms with Crippen molar-refractivity contribution in [1.29, 1.82) is 0 Å². The molecule has 2 aromatic carbocycles. The van der Waals surface area contributed by atoms with Crippen LogP contribution >= 0.6 is 0 Å². The monoisotopic (exact) mass is 426 g/mol. The normalized spacial score (nSPS) is 11.4. The van der Waals surface area contributed by atoms with Crippen LogP contribution in [-0.2, 0) is 14.3 Å². The van der Waals surface area contributed by atoms with E-state index < -0.39 is 23.8 Å². The van der Waals surface area contributed by atoms with Gasteiger partial charge in [0, 0.05) is 22.7 Å². The fraction of sp³-hybridized carbons (Fsp3) is 0.304. The summed E-state index contributed by atoms with van der Waals surface area (Å²) in [5, 5.41) is 5.18. The number of methoxy groups -OCH3 is 1. The summed E-state index contributed by atoms with van der Waals surface area (Å²) in [4.78, 5) is 48.4. The van der Waals surface area contributed by atoms with Crippen molar-refractivity contribution in [2.45, 2.75) is 26.9 Å². The lowest BCUT2D eigenvalue weighted by atomic mass is 10.1. The summed E-state index contributed by atoms with van der Waals surface area (Å²) in [6.45, 7) is 4.64. The first-order valence-corrected chi connectivity index (χ1v) is 9.78. The Labute approximate surface area is 180 Å². The van der Waals surface area contributed by atoms with Crippen LogP contribution in [0.5, 0.6) is 5.75 Å². The molecular formula is C23H26N2O6. The molecule has 2 amide bonds. The SMILES string of the molecule is COc1cccc(C(=O)NCC(=O)OC(C)C(=O)c2ccc(NC(=O)C(C)C)cc2)c1. The number of esters is 1. The van der Waals surface area contributed by atoms with Crippen molar-refractivity contribution in [2.75, 3.05) is 19.0 Å². The van der Waals surface area contributed by atoms with E-state index in [1.165, 1.54) is 14.0 Å². The number of Topliss-reactive ketones (excluding diaryl/α,β-unsaturated/α-hetero) is 1. The molecule has 31 heavy (non-hydrogen) atoms. The van der Waals surface area contributed by atoms with Crippen LogP contribution in [0.1, 0.15) is 41.5 Å². The van der Waals surface area contributed by atoms with Gasteiger partial charge in [0.2, 0.25) is 11.7 Å². The van der Waals surface area contributed by atoms with Crippen molar-refractivity contribution in [3.8, 4) is 5.75 Å². The van der Waals surface area contributed by atoms with E-state index in [2.05, 4.69) is 10.6 Å². The van der Waals surface area contributed by atoms with Gasteiger partial charge in [-0.1, -0.05) is 19.9 Å². The van der Waals surface area contributed by atoms with Crippen LogP contribution in [-0.4, -0.2) is 43.3 Å². The maximum Gasteiger partial charge on any atom is 0.326 e. The van der Waals surface area contributed by atoms with Crippen LogP contribution in [0.15, 0.2) is 48.5 Å².